The van der Waals surface area contributed by atoms with Crippen molar-refractivity contribution in [1.29, 1.82) is 0 Å². The van der Waals surface area contributed by atoms with Gasteiger partial charge in [-0.25, -0.2) is 0 Å². The van der Waals surface area contributed by atoms with E-state index in [2.05, 4.69) is 4.90 Å². The van der Waals surface area contributed by atoms with Crippen LogP contribution in [0.3, 0.4) is 0 Å². The highest BCUT2D eigenvalue weighted by Crippen LogP contribution is 2.11. The van der Waals surface area contributed by atoms with Gasteiger partial charge in [-0.3, -0.25) is 4.90 Å². The summed E-state index contributed by atoms with van der Waals surface area (Å²) in [5.41, 5.74) is 1.39. The van der Waals surface area contributed by atoms with Gasteiger partial charge in [-0.1, -0.05) is 12.1 Å². The van der Waals surface area contributed by atoms with Crippen LogP contribution in [0.5, 0.6) is 5.75 Å². The van der Waals surface area contributed by atoms with Gasteiger partial charge in [-0.15, -0.1) is 0 Å². The highest BCUT2D eigenvalue weighted by atomic mass is 16.5. The zero-order chi connectivity index (χ0) is 14.3. The standard InChI is InChI=1S/C13H22BNO4/c1-4-19-8-7-15(2)10-11-5-6-13(18-3)12(9-11)14(16)17/h5-6,9,16-17H,4,7-8,10H2,1-3H3. The lowest BCUT2D eigenvalue weighted by molar-refractivity contribution is 0.120. The average molecular weight is 267 g/mol. The van der Waals surface area contributed by atoms with E-state index in [1.54, 1.807) is 12.1 Å². The van der Waals surface area contributed by atoms with Crippen LogP contribution in [-0.2, 0) is 11.3 Å². The van der Waals surface area contributed by atoms with Crippen LogP contribution in [0.1, 0.15) is 12.5 Å². The Kier molecular flexibility index (Phi) is 6.87. The largest absolute Gasteiger partial charge is 0.497 e. The van der Waals surface area contributed by atoms with E-state index in [0.717, 1.165) is 25.3 Å². The van der Waals surface area contributed by atoms with E-state index in [-0.39, 0.29) is 0 Å². The minimum Gasteiger partial charge on any atom is -0.497 e. The molecule has 6 heteroatoms. The van der Waals surface area contributed by atoms with Crippen LogP contribution in [-0.4, -0.2) is 56.0 Å². The molecule has 0 amide bonds. The quantitative estimate of drug-likeness (QED) is 0.506. The smallest absolute Gasteiger partial charge is 0.492 e. The average Bonchev–Trinajstić information content (AvgIpc) is 2.39. The number of methoxy groups -OCH3 is 1. The Labute approximate surface area is 114 Å². The molecule has 2 N–H and O–H groups in total. The zero-order valence-electron chi connectivity index (χ0n) is 11.8. The second-order valence-electron chi connectivity index (χ2n) is 4.38. The lowest BCUT2D eigenvalue weighted by Gasteiger charge is -2.17. The highest BCUT2D eigenvalue weighted by molar-refractivity contribution is 6.59. The molecule has 0 atom stereocenters. The number of rotatable bonds is 8. The van der Waals surface area contributed by atoms with Crippen molar-refractivity contribution >= 4 is 12.6 Å². The molecule has 0 aromatic heterocycles. The van der Waals surface area contributed by atoms with Gasteiger partial charge in [0.25, 0.3) is 0 Å². The van der Waals surface area contributed by atoms with Crippen molar-refractivity contribution in [2.24, 2.45) is 0 Å². The second kappa shape index (κ2) is 8.17. The maximum atomic E-state index is 9.31. The van der Waals surface area contributed by atoms with E-state index in [1.165, 1.54) is 7.11 Å². The van der Waals surface area contributed by atoms with Crippen LogP contribution in [0.25, 0.3) is 0 Å². The molecule has 0 aliphatic heterocycles. The van der Waals surface area contributed by atoms with E-state index in [9.17, 15) is 10.0 Å². The molecule has 0 radical (unpaired) electrons. The van der Waals surface area contributed by atoms with E-state index in [1.807, 2.05) is 20.0 Å². The van der Waals surface area contributed by atoms with Gasteiger partial charge in [0.2, 0.25) is 0 Å². The fraction of sp³-hybridized carbons (Fsp3) is 0.538. The molecule has 0 unspecified atom stereocenters. The van der Waals surface area contributed by atoms with Crippen molar-refractivity contribution in [3.05, 3.63) is 23.8 Å². The first-order chi connectivity index (χ1) is 9.08. The number of hydrogen-bond acceptors (Lipinski definition) is 5. The predicted octanol–water partition coefficient (Wildman–Crippen LogP) is -0.157. The fourth-order valence-corrected chi connectivity index (χ4v) is 1.84. The van der Waals surface area contributed by atoms with Crippen LogP contribution in [0, 0.1) is 0 Å². The van der Waals surface area contributed by atoms with Gasteiger partial charge in [0.1, 0.15) is 5.75 Å². The summed E-state index contributed by atoms with van der Waals surface area (Å²) in [5, 5.41) is 18.6. The molecule has 0 spiro atoms. The number of benzene rings is 1. The minimum absolute atomic E-state index is 0.387. The normalized spacial score (nSPS) is 10.8. The van der Waals surface area contributed by atoms with E-state index in [4.69, 9.17) is 9.47 Å². The molecular formula is C13H22BNO4. The lowest BCUT2D eigenvalue weighted by atomic mass is 9.78. The SMILES string of the molecule is CCOCCN(C)Cc1ccc(OC)c(B(O)O)c1. The van der Waals surface area contributed by atoms with Gasteiger partial charge < -0.3 is 19.5 Å². The number of hydrogen-bond donors (Lipinski definition) is 2. The summed E-state index contributed by atoms with van der Waals surface area (Å²) in [6, 6.07) is 5.42. The van der Waals surface area contributed by atoms with Crippen molar-refractivity contribution < 1.29 is 19.5 Å². The van der Waals surface area contributed by atoms with Crippen LogP contribution < -0.4 is 10.2 Å². The Bertz CT molecular complexity index is 387. The monoisotopic (exact) mass is 267 g/mol. The summed E-state index contributed by atoms with van der Waals surface area (Å²) >= 11 is 0. The number of likely N-dealkylation sites (N-methyl/N-ethyl adjacent to an activating group) is 1. The molecule has 0 heterocycles. The highest BCUT2D eigenvalue weighted by Gasteiger charge is 2.17. The van der Waals surface area contributed by atoms with Crippen LogP contribution >= 0.6 is 0 Å². The molecule has 0 saturated carbocycles. The van der Waals surface area contributed by atoms with Crippen molar-refractivity contribution in [2.45, 2.75) is 13.5 Å². The molecule has 0 saturated heterocycles. The van der Waals surface area contributed by atoms with Gasteiger partial charge in [0.05, 0.1) is 13.7 Å². The maximum Gasteiger partial charge on any atom is 0.492 e. The Morgan fingerprint density at radius 1 is 1.32 bits per heavy atom. The summed E-state index contributed by atoms with van der Waals surface area (Å²) < 4.78 is 10.4. The number of ether oxygens (including phenoxy) is 2. The van der Waals surface area contributed by atoms with Crippen molar-refractivity contribution in [3.8, 4) is 5.75 Å². The summed E-state index contributed by atoms with van der Waals surface area (Å²) in [6.07, 6.45) is 0. The molecule has 1 rings (SSSR count). The molecule has 5 nitrogen and oxygen atoms in total. The predicted molar refractivity (Wildman–Crippen MR) is 75.6 cm³/mol. The Balaban J connectivity index is 2.66. The molecular weight excluding hydrogens is 245 g/mol. The Morgan fingerprint density at radius 3 is 2.63 bits per heavy atom. The Hall–Kier alpha value is -1.08. The summed E-state index contributed by atoms with van der Waals surface area (Å²) in [7, 11) is 1.98. The summed E-state index contributed by atoms with van der Waals surface area (Å²) in [6.45, 7) is 4.93. The molecule has 0 aliphatic rings. The molecule has 19 heavy (non-hydrogen) atoms. The third-order valence-corrected chi connectivity index (χ3v) is 2.85. The van der Waals surface area contributed by atoms with Gasteiger partial charge in [-0.2, -0.15) is 0 Å². The Morgan fingerprint density at radius 2 is 2.05 bits per heavy atom. The maximum absolute atomic E-state index is 9.31. The van der Waals surface area contributed by atoms with Crippen molar-refractivity contribution in [3.63, 3.8) is 0 Å². The molecule has 0 aliphatic carbocycles. The lowest BCUT2D eigenvalue weighted by Crippen LogP contribution is -2.32. The first kappa shape index (κ1) is 16.0. The number of nitrogens with zero attached hydrogens (tertiary/aromatic N) is 1. The third kappa shape index (κ3) is 5.20. The minimum atomic E-state index is -1.52. The molecule has 1 aromatic carbocycles. The molecule has 0 bridgehead atoms. The van der Waals surface area contributed by atoms with Crippen LogP contribution in [0.2, 0.25) is 0 Å². The van der Waals surface area contributed by atoms with Gasteiger partial charge >= 0.3 is 7.12 Å². The van der Waals surface area contributed by atoms with Gasteiger partial charge in [-0.05, 0) is 25.6 Å². The fourth-order valence-electron chi connectivity index (χ4n) is 1.84. The third-order valence-electron chi connectivity index (χ3n) is 2.85. The summed E-state index contributed by atoms with van der Waals surface area (Å²) in [4.78, 5) is 2.12. The first-order valence-corrected chi connectivity index (χ1v) is 6.37. The summed E-state index contributed by atoms with van der Waals surface area (Å²) in [5.74, 6) is 0.482. The molecule has 0 fully saturated rings. The van der Waals surface area contributed by atoms with Crippen molar-refractivity contribution in [1.82, 2.24) is 4.90 Å². The van der Waals surface area contributed by atoms with Crippen LogP contribution in [0.4, 0.5) is 0 Å². The second-order valence-corrected chi connectivity index (χ2v) is 4.38. The van der Waals surface area contributed by atoms with E-state index in [0.29, 0.717) is 17.8 Å². The molecule has 1 aromatic rings. The first-order valence-electron chi connectivity index (χ1n) is 6.37. The van der Waals surface area contributed by atoms with Crippen LogP contribution in [0.15, 0.2) is 18.2 Å². The van der Waals surface area contributed by atoms with E-state index < -0.39 is 7.12 Å². The van der Waals surface area contributed by atoms with Gasteiger partial charge in [0.15, 0.2) is 0 Å². The van der Waals surface area contributed by atoms with Crippen molar-refractivity contribution in [2.75, 3.05) is 33.9 Å². The zero-order valence-corrected chi connectivity index (χ0v) is 11.8. The topological polar surface area (TPSA) is 62.2 Å². The molecule has 106 valence electrons. The van der Waals surface area contributed by atoms with E-state index >= 15 is 0 Å². The van der Waals surface area contributed by atoms with Gasteiger partial charge in [0, 0.05) is 25.2 Å².